The molecule has 1 heterocycles. The first-order valence-corrected chi connectivity index (χ1v) is 10.7. The summed E-state index contributed by atoms with van der Waals surface area (Å²) in [7, 11) is -1.86. The van der Waals surface area contributed by atoms with Gasteiger partial charge in [-0.3, -0.25) is 4.79 Å². The van der Waals surface area contributed by atoms with E-state index < -0.39 is 15.6 Å². The van der Waals surface area contributed by atoms with E-state index in [2.05, 4.69) is 12.2 Å². The third kappa shape index (κ3) is 4.53. The minimum atomic E-state index is -3.21. The highest BCUT2D eigenvalue weighted by molar-refractivity contribution is 7.89. The maximum absolute atomic E-state index is 12.7. The monoisotopic (exact) mass is 374 g/mol. The zero-order chi connectivity index (χ0) is 18.7. The van der Waals surface area contributed by atoms with E-state index in [1.807, 2.05) is 0 Å². The lowest BCUT2D eigenvalue weighted by molar-refractivity contribution is -0.153. The molecule has 2 aliphatic rings. The average Bonchev–Trinajstić information content (AvgIpc) is 2.63. The smallest absolute Gasteiger partial charge is 0.331 e. The van der Waals surface area contributed by atoms with Gasteiger partial charge in [-0.2, -0.15) is 0 Å². The number of nitrogens with one attached hydrogen (secondary N) is 1. The number of hydrogen-bond acceptors (Lipinski definition) is 5. The molecule has 8 heteroatoms. The van der Waals surface area contributed by atoms with E-state index in [0.717, 1.165) is 12.8 Å². The molecule has 1 amide bonds. The molecule has 7 nitrogen and oxygen atoms in total. The molecule has 1 aliphatic carbocycles. The molecule has 0 aromatic carbocycles. The van der Waals surface area contributed by atoms with Crippen molar-refractivity contribution in [2.45, 2.75) is 57.9 Å². The fourth-order valence-electron chi connectivity index (χ4n) is 3.75. The average molecular weight is 375 g/mol. The number of amides is 1. The Bertz CT molecular complexity index is 588. The van der Waals surface area contributed by atoms with Gasteiger partial charge >= 0.3 is 5.97 Å². The summed E-state index contributed by atoms with van der Waals surface area (Å²) >= 11 is 0. The van der Waals surface area contributed by atoms with Gasteiger partial charge in [0.2, 0.25) is 15.9 Å². The van der Waals surface area contributed by atoms with Crippen molar-refractivity contribution in [3.63, 3.8) is 0 Å². The van der Waals surface area contributed by atoms with Crippen molar-refractivity contribution in [1.29, 1.82) is 0 Å². The Morgan fingerprint density at radius 2 is 1.72 bits per heavy atom. The Hall–Kier alpha value is -1.15. The number of piperidine rings is 1. The van der Waals surface area contributed by atoms with Crippen LogP contribution in [-0.2, 0) is 24.3 Å². The molecular weight excluding hydrogens is 344 g/mol. The molecule has 1 saturated heterocycles. The summed E-state index contributed by atoms with van der Waals surface area (Å²) < 4.78 is 30.2. The van der Waals surface area contributed by atoms with Crippen LogP contribution in [0.25, 0.3) is 0 Å². The third-order valence-corrected chi connectivity index (χ3v) is 7.53. The number of carbonyl (C=O) groups excluding carboxylic acids is 2. The second-order valence-electron chi connectivity index (χ2n) is 7.32. The SMILES string of the molecule is CCS(=O)(=O)N1CCC(C(=O)NC2(C(=O)OC)CCC(C)CC2)CC1. The summed E-state index contributed by atoms with van der Waals surface area (Å²) in [6, 6.07) is 0. The van der Waals surface area contributed by atoms with Crippen LogP contribution in [0, 0.1) is 11.8 Å². The van der Waals surface area contributed by atoms with E-state index in [4.69, 9.17) is 4.74 Å². The lowest BCUT2D eigenvalue weighted by atomic mass is 9.76. The van der Waals surface area contributed by atoms with Gasteiger partial charge in [0, 0.05) is 19.0 Å². The van der Waals surface area contributed by atoms with Gasteiger partial charge in [-0.1, -0.05) is 6.92 Å². The molecule has 1 saturated carbocycles. The van der Waals surface area contributed by atoms with Gasteiger partial charge in [0.1, 0.15) is 5.54 Å². The van der Waals surface area contributed by atoms with Gasteiger partial charge in [0.15, 0.2) is 0 Å². The van der Waals surface area contributed by atoms with Gasteiger partial charge < -0.3 is 10.1 Å². The van der Waals surface area contributed by atoms with E-state index in [-0.39, 0.29) is 23.5 Å². The molecule has 1 N–H and O–H groups in total. The summed E-state index contributed by atoms with van der Waals surface area (Å²) in [4.78, 5) is 25.0. The van der Waals surface area contributed by atoms with Gasteiger partial charge in [-0.25, -0.2) is 17.5 Å². The third-order valence-electron chi connectivity index (χ3n) is 5.65. The summed E-state index contributed by atoms with van der Waals surface area (Å²) in [6.45, 7) is 4.48. The van der Waals surface area contributed by atoms with Crippen LogP contribution in [0.5, 0.6) is 0 Å². The molecule has 144 valence electrons. The molecule has 1 aliphatic heterocycles. The molecule has 0 aromatic heterocycles. The Balaban J connectivity index is 1.99. The number of sulfonamides is 1. The number of methoxy groups -OCH3 is 1. The number of esters is 1. The van der Waals surface area contributed by atoms with E-state index in [9.17, 15) is 18.0 Å². The number of nitrogens with zero attached hydrogens (tertiary/aromatic N) is 1. The zero-order valence-electron chi connectivity index (χ0n) is 15.4. The molecule has 2 rings (SSSR count). The first kappa shape index (κ1) is 20.2. The Kier molecular flexibility index (Phi) is 6.48. The molecule has 2 fully saturated rings. The zero-order valence-corrected chi connectivity index (χ0v) is 16.2. The lowest BCUT2D eigenvalue weighted by Crippen LogP contribution is -2.58. The maximum atomic E-state index is 12.7. The van der Waals surface area contributed by atoms with Crippen LogP contribution in [-0.4, -0.2) is 56.1 Å². The van der Waals surface area contributed by atoms with Crippen LogP contribution < -0.4 is 5.32 Å². The second-order valence-corrected chi connectivity index (χ2v) is 9.58. The lowest BCUT2D eigenvalue weighted by Gasteiger charge is -2.39. The Labute approximate surface area is 150 Å². The predicted octanol–water partition coefficient (Wildman–Crippen LogP) is 1.29. The van der Waals surface area contributed by atoms with Crippen LogP contribution in [0.15, 0.2) is 0 Å². The van der Waals surface area contributed by atoms with Crippen molar-refractivity contribution in [3.8, 4) is 0 Å². The Morgan fingerprint density at radius 1 is 1.16 bits per heavy atom. The highest BCUT2D eigenvalue weighted by atomic mass is 32.2. The summed E-state index contributed by atoms with van der Waals surface area (Å²) in [5, 5.41) is 2.96. The second kappa shape index (κ2) is 8.03. The van der Waals surface area contributed by atoms with Crippen LogP contribution >= 0.6 is 0 Å². The molecule has 0 atom stereocenters. The summed E-state index contributed by atoms with van der Waals surface area (Å²) in [5.41, 5.74) is -0.926. The molecule has 25 heavy (non-hydrogen) atoms. The first-order chi connectivity index (χ1) is 11.7. The maximum Gasteiger partial charge on any atom is 0.331 e. The van der Waals surface area contributed by atoms with Crippen LogP contribution in [0.3, 0.4) is 0 Å². The Morgan fingerprint density at radius 3 is 2.20 bits per heavy atom. The number of carbonyl (C=O) groups is 2. The van der Waals surface area contributed by atoms with Crippen molar-refractivity contribution < 1.29 is 22.7 Å². The van der Waals surface area contributed by atoms with Crippen molar-refractivity contribution in [3.05, 3.63) is 0 Å². The number of hydrogen-bond donors (Lipinski definition) is 1. The standard InChI is InChI=1S/C17H30N2O5S/c1-4-25(22,23)19-11-7-14(8-12-19)15(20)18-17(16(21)24-3)9-5-13(2)6-10-17/h13-14H,4-12H2,1-3H3,(H,18,20). The molecule has 0 aromatic rings. The number of ether oxygens (including phenoxy) is 1. The van der Waals surface area contributed by atoms with Crippen LogP contribution in [0.4, 0.5) is 0 Å². The first-order valence-electron chi connectivity index (χ1n) is 9.12. The normalized spacial score (nSPS) is 29.2. The highest BCUT2D eigenvalue weighted by Crippen LogP contribution is 2.33. The highest BCUT2D eigenvalue weighted by Gasteiger charge is 2.44. The largest absolute Gasteiger partial charge is 0.467 e. The van der Waals surface area contributed by atoms with Crippen molar-refractivity contribution in [1.82, 2.24) is 9.62 Å². The van der Waals surface area contributed by atoms with E-state index in [1.54, 1.807) is 6.92 Å². The topological polar surface area (TPSA) is 92.8 Å². The fourth-order valence-corrected chi connectivity index (χ4v) is 4.88. The van der Waals surface area contributed by atoms with E-state index in [0.29, 0.717) is 44.7 Å². The molecule has 0 radical (unpaired) electrons. The van der Waals surface area contributed by atoms with Gasteiger partial charge in [-0.05, 0) is 51.4 Å². The van der Waals surface area contributed by atoms with Crippen molar-refractivity contribution in [2.24, 2.45) is 11.8 Å². The van der Waals surface area contributed by atoms with Crippen LogP contribution in [0.1, 0.15) is 52.4 Å². The fraction of sp³-hybridized carbons (Fsp3) is 0.882. The minimum Gasteiger partial charge on any atom is -0.467 e. The number of rotatable bonds is 5. The minimum absolute atomic E-state index is 0.0769. The predicted molar refractivity (Wildman–Crippen MR) is 94.3 cm³/mol. The van der Waals surface area contributed by atoms with E-state index in [1.165, 1.54) is 11.4 Å². The van der Waals surface area contributed by atoms with Crippen LogP contribution in [0.2, 0.25) is 0 Å². The molecule has 0 unspecified atom stereocenters. The van der Waals surface area contributed by atoms with Gasteiger partial charge in [0.25, 0.3) is 0 Å². The summed E-state index contributed by atoms with van der Waals surface area (Å²) in [5.74, 6) is -0.179. The van der Waals surface area contributed by atoms with E-state index >= 15 is 0 Å². The van der Waals surface area contributed by atoms with Gasteiger partial charge in [0.05, 0.1) is 12.9 Å². The quantitative estimate of drug-likeness (QED) is 0.732. The molecule has 0 spiro atoms. The van der Waals surface area contributed by atoms with Crippen molar-refractivity contribution in [2.75, 3.05) is 26.0 Å². The molecular formula is C17H30N2O5S. The van der Waals surface area contributed by atoms with Crippen molar-refractivity contribution >= 4 is 21.9 Å². The molecule has 0 bridgehead atoms. The summed E-state index contributed by atoms with van der Waals surface area (Å²) in [6.07, 6.45) is 3.91. The van der Waals surface area contributed by atoms with Gasteiger partial charge in [-0.15, -0.1) is 0 Å².